The Morgan fingerprint density at radius 1 is 1.47 bits per heavy atom. The fourth-order valence-electron chi connectivity index (χ4n) is 0.893. The Balaban J connectivity index is 2.95. The second kappa shape index (κ2) is 5.16. The molecule has 0 saturated heterocycles. The predicted molar refractivity (Wildman–Crippen MR) is 50.5 cm³/mol. The number of halogens is 5. The van der Waals surface area contributed by atoms with Gasteiger partial charge in [0.25, 0.3) is 5.63 Å². The van der Waals surface area contributed by atoms with Gasteiger partial charge in [0.2, 0.25) is 6.08 Å². The topological polar surface area (TPSA) is 38.7 Å². The van der Waals surface area contributed by atoms with E-state index in [9.17, 15) is 22.4 Å². The number of isocyanates is 1. The van der Waals surface area contributed by atoms with E-state index in [0.29, 0.717) is 6.07 Å². The van der Waals surface area contributed by atoms with Gasteiger partial charge in [0.05, 0.1) is 0 Å². The summed E-state index contributed by atoms with van der Waals surface area (Å²) in [5.41, 5.74) is -3.48. The molecule has 0 spiro atoms. The fourth-order valence-corrected chi connectivity index (χ4v) is 0.937. The van der Waals surface area contributed by atoms with Crippen LogP contribution in [0.4, 0.5) is 23.2 Å². The average molecular weight is 270 g/mol. The average Bonchev–Trinajstić information content (AvgIpc) is 2.21. The Morgan fingerprint density at radius 3 is 2.59 bits per heavy atom. The zero-order valence-corrected chi connectivity index (χ0v) is 8.72. The summed E-state index contributed by atoms with van der Waals surface area (Å²) >= 11 is 4.53. The number of ether oxygens (including phenoxy) is 1. The van der Waals surface area contributed by atoms with Gasteiger partial charge in [-0.05, 0) is 12.1 Å². The Kier molecular flexibility index (Phi) is 4.09. The molecule has 3 nitrogen and oxygen atoms in total. The van der Waals surface area contributed by atoms with Gasteiger partial charge >= 0.3 is 6.11 Å². The molecule has 1 rings (SSSR count). The third-order valence-electron chi connectivity index (χ3n) is 1.59. The van der Waals surface area contributed by atoms with Gasteiger partial charge in [0.1, 0.15) is 11.4 Å². The van der Waals surface area contributed by atoms with E-state index in [4.69, 9.17) is 0 Å². The fraction of sp³-hybridized carbons (Fsp3) is 0.222. The number of rotatable bonds is 4. The molecule has 0 bridgehead atoms. The van der Waals surface area contributed by atoms with Gasteiger partial charge < -0.3 is 4.74 Å². The van der Waals surface area contributed by atoms with E-state index < -0.39 is 29.0 Å². The lowest BCUT2D eigenvalue weighted by molar-refractivity contribution is -0.199. The number of hydrogen-bond acceptors (Lipinski definition) is 3. The molecule has 0 heterocycles. The maximum atomic E-state index is 13.1. The van der Waals surface area contributed by atoms with Gasteiger partial charge in [0, 0.05) is 6.07 Å². The van der Waals surface area contributed by atoms with E-state index in [0.717, 1.165) is 18.2 Å². The highest BCUT2D eigenvalue weighted by Crippen LogP contribution is 2.30. The van der Waals surface area contributed by atoms with Gasteiger partial charge in [-0.25, -0.2) is 13.6 Å². The zero-order chi connectivity index (χ0) is 13.1. The van der Waals surface area contributed by atoms with Crippen molar-refractivity contribution in [1.82, 2.24) is 0 Å². The molecular formula is C9H4ClF4NO2. The number of carbonyl (C=O) groups excluding carboxylic acids is 1. The van der Waals surface area contributed by atoms with Crippen molar-refractivity contribution in [2.75, 3.05) is 0 Å². The number of alkyl halides is 4. The predicted octanol–water partition coefficient (Wildman–Crippen LogP) is 3.30. The molecule has 0 radical (unpaired) electrons. The van der Waals surface area contributed by atoms with Gasteiger partial charge in [-0.2, -0.15) is 13.8 Å². The van der Waals surface area contributed by atoms with Crippen molar-refractivity contribution in [3.63, 3.8) is 0 Å². The van der Waals surface area contributed by atoms with Crippen LogP contribution in [0.3, 0.4) is 0 Å². The molecule has 1 atom stereocenters. The van der Waals surface area contributed by atoms with E-state index in [2.05, 4.69) is 21.3 Å². The lowest BCUT2D eigenvalue weighted by atomic mass is 10.3. The van der Waals surface area contributed by atoms with Gasteiger partial charge in [0.15, 0.2) is 5.82 Å². The monoisotopic (exact) mass is 269 g/mol. The standard InChI is InChI=1S/C9H4ClF4NO2/c10-8(12)9(13,14)17-5-1-2-7(15-4-16)6(11)3-5/h1-3,8H. The summed E-state index contributed by atoms with van der Waals surface area (Å²) in [6.07, 6.45) is -3.21. The molecule has 0 N–H and O–H groups in total. The molecule has 0 saturated carbocycles. The number of nitrogens with zero attached hydrogens (tertiary/aromatic N) is 1. The van der Waals surface area contributed by atoms with E-state index in [1.54, 1.807) is 0 Å². The van der Waals surface area contributed by atoms with Crippen molar-refractivity contribution in [1.29, 1.82) is 0 Å². The van der Waals surface area contributed by atoms with Crippen molar-refractivity contribution in [2.45, 2.75) is 11.7 Å². The highest BCUT2D eigenvalue weighted by Gasteiger charge is 2.42. The third kappa shape index (κ3) is 3.44. The summed E-state index contributed by atoms with van der Waals surface area (Å²) in [6, 6.07) is 2.29. The van der Waals surface area contributed by atoms with Gasteiger partial charge in [-0.3, -0.25) is 0 Å². The first-order chi connectivity index (χ1) is 7.86. The van der Waals surface area contributed by atoms with E-state index in [-0.39, 0.29) is 0 Å². The molecule has 17 heavy (non-hydrogen) atoms. The van der Waals surface area contributed by atoms with Crippen molar-refractivity contribution in [3.05, 3.63) is 24.0 Å². The van der Waals surface area contributed by atoms with Crippen molar-refractivity contribution >= 4 is 23.4 Å². The van der Waals surface area contributed by atoms with Crippen LogP contribution in [0.5, 0.6) is 5.75 Å². The van der Waals surface area contributed by atoms with Crippen LogP contribution in [-0.2, 0) is 4.79 Å². The maximum Gasteiger partial charge on any atom is 0.444 e. The van der Waals surface area contributed by atoms with E-state index in [1.807, 2.05) is 0 Å². The van der Waals surface area contributed by atoms with Crippen LogP contribution < -0.4 is 4.74 Å². The van der Waals surface area contributed by atoms with Crippen molar-refractivity contribution < 1.29 is 27.1 Å². The first-order valence-electron chi connectivity index (χ1n) is 4.09. The minimum atomic E-state index is -4.29. The molecule has 1 aromatic carbocycles. The van der Waals surface area contributed by atoms with Crippen molar-refractivity contribution in [3.8, 4) is 5.75 Å². The molecule has 8 heteroatoms. The smallest absolute Gasteiger partial charge is 0.429 e. The van der Waals surface area contributed by atoms with Crippen LogP contribution in [0, 0.1) is 5.82 Å². The van der Waals surface area contributed by atoms with Crippen LogP contribution >= 0.6 is 11.6 Å². The normalized spacial score (nSPS) is 12.8. The first-order valence-corrected chi connectivity index (χ1v) is 4.53. The summed E-state index contributed by atoms with van der Waals surface area (Å²) in [4.78, 5) is 12.8. The zero-order valence-electron chi connectivity index (χ0n) is 7.96. The SMILES string of the molecule is O=C=Nc1ccc(OC(F)(F)C(F)Cl)cc1F. The largest absolute Gasteiger partial charge is 0.444 e. The summed E-state index contributed by atoms with van der Waals surface area (Å²) in [6.45, 7) is 0. The minimum absolute atomic E-state index is 0.404. The lowest BCUT2D eigenvalue weighted by Crippen LogP contribution is -2.32. The molecule has 0 aliphatic heterocycles. The molecule has 0 aromatic heterocycles. The summed E-state index contributed by atoms with van der Waals surface area (Å²) in [5.74, 6) is -1.74. The van der Waals surface area contributed by atoms with E-state index >= 15 is 0 Å². The summed E-state index contributed by atoms with van der Waals surface area (Å²) in [7, 11) is 0. The molecule has 0 fully saturated rings. The van der Waals surface area contributed by atoms with Crippen LogP contribution in [0.1, 0.15) is 0 Å². The third-order valence-corrected chi connectivity index (χ3v) is 1.85. The second-order valence-corrected chi connectivity index (χ2v) is 3.16. The summed E-state index contributed by atoms with van der Waals surface area (Å²) < 4.78 is 54.5. The lowest BCUT2D eigenvalue weighted by Gasteiger charge is -2.17. The minimum Gasteiger partial charge on any atom is -0.429 e. The first kappa shape index (κ1) is 13.5. The molecule has 1 aromatic rings. The number of hydrogen-bond donors (Lipinski definition) is 0. The van der Waals surface area contributed by atoms with Gasteiger partial charge in [-0.15, -0.1) is 0 Å². The van der Waals surface area contributed by atoms with E-state index in [1.165, 1.54) is 0 Å². The molecule has 0 amide bonds. The Labute approximate surface area is 97.7 Å². The molecule has 92 valence electrons. The molecular weight excluding hydrogens is 266 g/mol. The number of aliphatic imine (C=N–C) groups is 1. The Hall–Kier alpha value is -1.59. The van der Waals surface area contributed by atoms with Crippen LogP contribution in [0.2, 0.25) is 0 Å². The molecule has 1 unspecified atom stereocenters. The van der Waals surface area contributed by atoms with Crippen LogP contribution in [-0.4, -0.2) is 17.8 Å². The summed E-state index contributed by atoms with van der Waals surface area (Å²) in [5, 5.41) is 0. The molecule has 0 aliphatic carbocycles. The van der Waals surface area contributed by atoms with Crippen LogP contribution in [0.25, 0.3) is 0 Å². The highest BCUT2D eigenvalue weighted by molar-refractivity contribution is 6.20. The van der Waals surface area contributed by atoms with Crippen LogP contribution in [0.15, 0.2) is 23.2 Å². The maximum absolute atomic E-state index is 13.1. The Morgan fingerprint density at radius 2 is 2.12 bits per heavy atom. The quantitative estimate of drug-likeness (QED) is 0.364. The highest BCUT2D eigenvalue weighted by atomic mass is 35.5. The Bertz CT molecular complexity index is 460. The number of benzene rings is 1. The molecule has 0 aliphatic rings. The van der Waals surface area contributed by atoms with Crippen molar-refractivity contribution in [2.24, 2.45) is 4.99 Å². The second-order valence-electron chi connectivity index (χ2n) is 2.78. The van der Waals surface area contributed by atoms with Gasteiger partial charge in [-0.1, -0.05) is 11.6 Å².